The van der Waals surface area contributed by atoms with Crippen LogP contribution < -0.4 is 4.74 Å². The molecule has 0 aliphatic rings. The Bertz CT molecular complexity index is 456. The van der Waals surface area contributed by atoms with Crippen LogP contribution in [0.5, 0.6) is 5.75 Å². The molecule has 0 atom stereocenters. The van der Waals surface area contributed by atoms with Gasteiger partial charge in [-0.3, -0.25) is 14.9 Å². The highest BCUT2D eigenvalue weighted by Crippen LogP contribution is 2.27. The Hall–Kier alpha value is -2.44. The summed E-state index contributed by atoms with van der Waals surface area (Å²) in [5.74, 6) is -0.746. The van der Waals surface area contributed by atoms with Crippen molar-refractivity contribution in [3.05, 3.63) is 33.9 Å². The van der Waals surface area contributed by atoms with Crippen LogP contribution in [0.4, 0.5) is 5.69 Å². The van der Waals surface area contributed by atoms with Crippen molar-refractivity contribution in [1.82, 2.24) is 0 Å². The third-order valence-corrected chi connectivity index (χ3v) is 1.89. The molecule has 0 radical (unpaired) electrons. The first-order valence-electron chi connectivity index (χ1n) is 4.51. The molecule has 7 heteroatoms. The normalized spacial score (nSPS) is 9.47. The summed E-state index contributed by atoms with van der Waals surface area (Å²) in [5, 5.41) is 10.7. The van der Waals surface area contributed by atoms with Crippen molar-refractivity contribution in [3.8, 4) is 5.75 Å². The van der Waals surface area contributed by atoms with E-state index in [2.05, 4.69) is 4.74 Å². The number of carbonyl (C=O) groups is 2. The minimum Gasteiger partial charge on any atom is -0.475 e. The average molecular weight is 239 g/mol. The number of benzene rings is 1. The zero-order chi connectivity index (χ0) is 12.8. The van der Waals surface area contributed by atoms with Crippen LogP contribution in [0.15, 0.2) is 18.2 Å². The molecule has 17 heavy (non-hydrogen) atoms. The predicted octanol–water partition coefficient (Wildman–Crippen LogP) is 0.959. The fraction of sp³-hybridized carbons (Fsp3) is 0.200. The van der Waals surface area contributed by atoms with Gasteiger partial charge in [0, 0.05) is 11.6 Å². The molecule has 0 N–H and O–H groups in total. The second-order valence-corrected chi connectivity index (χ2v) is 2.97. The summed E-state index contributed by atoms with van der Waals surface area (Å²) < 4.78 is 9.25. The lowest BCUT2D eigenvalue weighted by Gasteiger charge is -2.05. The summed E-state index contributed by atoms with van der Waals surface area (Å²) in [6, 6.07) is 3.68. The monoisotopic (exact) mass is 239 g/mol. The molecule has 0 aliphatic heterocycles. The number of ether oxygens (including phenoxy) is 2. The molecule has 0 bridgehead atoms. The van der Waals surface area contributed by atoms with Crippen LogP contribution >= 0.6 is 0 Å². The number of methoxy groups -OCH3 is 1. The molecule has 0 heterocycles. The van der Waals surface area contributed by atoms with E-state index in [0.717, 1.165) is 6.07 Å². The Balaban J connectivity index is 2.94. The highest BCUT2D eigenvalue weighted by Gasteiger charge is 2.17. The average Bonchev–Trinajstić information content (AvgIpc) is 2.35. The van der Waals surface area contributed by atoms with Crippen LogP contribution in [0.2, 0.25) is 0 Å². The van der Waals surface area contributed by atoms with Crippen molar-refractivity contribution in [2.75, 3.05) is 13.7 Å². The number of nitrogens with zero attached hydrogens (tertiary/aromatic N) is 1. The SMILES string of the molecule is COC(=O)COc1ccc(C=O)cc1[N+](=O)[O-]. The zero-order valence-electron chi connectivity index (χ0n) is 8.91. The number of rotatable bonds is 5. The van der Waals surface area contributed by atoms with E-state index < -0.39 is 17.5 Å². The second-order valence-electron chi connectivity index (χ2n) is 2.97. The smallest absolute Gasteiger partial charge is 0.343 e. The van der Waals surface area contributed by atoms with Crippen molar-refractivity contribution < 1.29 is 24.0 Å². The molecule has 0 spiro atoms. The zero-order valence-corrected chi connectivity index (χ0v) is 8.91. The highest BCUT2D eigenvalue weighted by molar-refractivity contribution is 5.77. The van der Waals surface area contributed by atoms with E-state index in [0.29, 0.717) is 6.29 Å². The van der Waals surface area contributed by atoms with E-state index in [1.54, 1.807) is 0 Å². The van der Waals surface area contributed by atoms with Crippen molar-refractivity contribution in [2.24, 2.45) is 0 Å². The number of hydrogen-bond acceptors (Lipinski definition) is 6. The maximum absolute atomic E-state index is 10.8. The highest BCUT2D eigenvalue weighted by atomic mass is 16.6. The number of nitro benzene ring substituents is 1. The van der Waals surface area contributed by atoms with Crippen LogP contribution in [0.25, 0.3) is 0 Å². The fourth-order valence-corrected chi connectivity index (χ4v) is 1.07. The minimum absolute atomic E-state index is 0.0917. The molecule has 0 amide bonds. The molecule has 0 aliphatic carbocycles. The van der Waals surface area contributed by atoms with Gasteiger partial charge in [0.2, 0.25) is 0 Å². The molecule has 0 fully saturated rings. The van der Waals surface area contributed by atoms with Gasteiger partial charge in [0.25, 0.3) is 0 Å². The first-order chi connectivity index (χ1) is 8.08. The van der Waals surface area contributed by atoms with Crippen LogP contribution in [-0.4, -0.2) is 30.9 Å². The number of carbonyl (C=O) groups excluding carboxylic acids is 2. The lowest BCUT2D eigenvalue weighted by atomic mass is 10.2. The molecule has 1 rings (SSSR count). The predicted molar refractivity (Wildman–Crippen MR) is 56.0 cm³/mol. The van der Waals surface area contributed by atoms with Gasteiger partial charge in [0.15, 0.2) is 12.4 Å². The first-order valence-corrected chi connectivity index (χ1v) is 4.51. The largest absolute Gasteiger partial charge is 0.475 e. The van der Waals surface area contributed by atoms with Crippen LogP contribution in [0.1, 0.15) is 10.4 Å². The molecule has 90 valence electrons. The van der Waals surface area contributed by atoms with Crippen molar-refractivity contribution >= 4 is 17.9 Å². The number of aldehydes is 1. The Morgan fingerprint density at radius 1 is 1.53 bits per heavy atom. The Morgan fingerprint density at radius 3 is 2.76 bits per heavy atom. The van der Waals surface area contributed by atoms with E-state index >= 15 is 0 Å². The quantitative estimate of drug-likeness (QED) is 0.328. The topological polar surface area (TPSA) is 95.7 Å². The summed E-state index contributed by atoms with van der Waals surface area (Å²) in [4.78, 5) is 31.3. The van der Waals surface area contributed by atoms with Crippen molar-refractivity contribution in [3.63, 3.8) is 0 Å². The van der Waals surface area contributed by atoms with Gasteiger partial charge in [-0.05, 0) is 12.1 Å². The Labute approximate surface area is 96.1 Å². The summed E-state index contributed by atoms with van der Waals surface area (Å²) in [6.45, 7) is -0.433. The second kappa shape index (κ2) is 5.59. The molecule has 0 saturated heterocycles. The van der Waals surface area contributed by atoms with Gasteiger partial charge in [-0.2, -0.15) is 0 Å². The summed E-state index contributed by atoms with van der Waals surface area (Å²) in [7, 11) is 1.18. The number of esters is 1. The van der Waals surface area contributed by atoms with Gasteiger partial charge in [-0.1, -0.05) is 0 Å². The van der Waals surface area contributed by atoms with Gasteiger partial charge in [-0.25, -0.2) is 4.79 Å². The van der Waals surface area contributed by atoms with Crippen molar-refractivity contribution in [1.29, 1.82) is 0 Å². The van der Waals surface area contributed by atoms with Crippen molar-refractivity contribution in [2.45, 2.75) is 0 Å². The number of hydrogen-bond donors (Lipinski definition) is 0. The van der Waals surface area contributed by atoms with Crippen LogP contribution in [0, 0.1) is 10.1 Å². The van der Waals surface area contributed by atoms with Gasteiger partial charge in [0.1, 0.15) is 6.29 Å². The molecular formula is C10H9NO6. The number of nitro groups is 1. The summed E-state index contributed by atoms with van der Waals surface area (Å²) >= 11 is 0. The van der Waals surface area contributed by atoms with E-state index in [1.807, 2.05) is 0 Å². The molecule has 0 unspecified atom stereocenters. The third-order valence-electron chi connectivity index (χ3n) is 1.89. The Kier molecular flexibility index (Phi) is 4.15. The van der Waals surface area contributed by atoms with Gasteiger partial charge < -0.3 is 9.47 Å². The Morgan fingerprint density at radius 2 is 2.24 bits per heavy atom. The molecule has 1 aromatic carbocycles. The molecular weight excluding hydrogens is 230 g/mol. The van der Waals surface area contributed by atoms with E-state index in [-0.39, 0.29) is 17.0 Å². The standard InChI is InChI=1S/C10H9NO6/c1-16-10(13)6-17-9-3-2-7(5-12)4-8(9)11(14)15/h2-5H,6H2,1H3. The maximum atomic E-state index is 10.8. The van der Waals surface area contributed by atoms with Gasteiger partial charge in [-0.15, -0.1) is 0 Å². The summed E-state index contributed by atoms with van der Waals surface area (Å²) in [5.41, 5.74) is -0.222. The van der Waals surface area contributed by atoms with Crippen LogP contribution in [-0.2, 0) is 9.53 Å². The fourth-order valence-electron chi connectivity index (χ4n) is 1.07. The minimum atomic E-state index is -0.695. The first kappa shape index (κ1) is 12.6. The lowest BCUT2D eigenvalue weighted by Crippen LogP contribution is -2.13. The van der Waals surface area contributed by atoms with Crippen LogP contribution in [0.3, 0.4) is 0 Å². The summed E-state index contributed by atoms with van der Waals surface area (Å²) in [6.07, 6.45) is 0.483. The molecule has 7 nitrogen and oxygen atoms in total. The van der Waals surface area contributed by atoms with Gasteiger partial charge >= 0.3 is 11.7 Å². The van der Waals surface area contributed by atoms with E-state index in [4.69, 9.17) is 4.74 Å². The third kappa shape index (κ3) is 3.26. The molecule has 1 aromatic rings. The molecule has 0 aromatic heterocycles. The maximum Gasteiger partial charge on any atom is 0.343 e. The lowest BCUT2D eigenvalue weighted by molar-refractivity contribution is -0.385. The van der Waals surface area contributed by atoms with Gasteiger partial charge in [0.05, 0.1) is 12.0 Å². The van der Waals surface area contributed by atoms with E-state index in [9.17, 15) is 19.7 Å². The van der Waals surface area contributed by atoms with E-state index in [1.165, 1.54) is 19.2 Å². The molecule has 0 saturated carbocycles.